The van der Waals surface area contributed by atoms with Crippen LogP contribution < -0.4 is 0 Å². The molecule has 2 amide bonds. The maximum absolute atomic E-state index is 12.2. The number of imidazole rings is 1. The van der Waals surface area contributed by atoms with Crippen LogP contribution in [0.2, 0.25) is 0 Å². The Labute approximate surface area is 99.8 Å². The zero-order valence-electron chi connectivity index (χ0n) is 9.71. The van der Waals surface area contributed by atoms with Crippen LogP contribution in [-0.4, -0.2) is 58.2 Å². The molecule has 0 spiro atoms. The van der Waals surface area contributed by atoms with E-state index in [-0.39, 0.29) is 6.03 Å². The molecule has 0 atom stereocenters. The van der Waals surface area contributed by atoms with Crippen LogP contribution in [-0.2, 0) is 17.8 Å². The molecule has 6 heteroatoms. The summed E-state index contributed by atoms with van der Waals surface area (Å²) in [7, 11) is 0. The molecule has 0 saturated carbocycles. The number of nitrogens with zero attached hydrogens (tertiary/aromatic N) is 4. The van der Waals surface area contributed by atoms with Crippen LogP contribution in [0.25, 0.3) is 0 Å². The third-order valence-corrected chi connectivity index (χ3v) is 3.30. The summed E-state index contributed by atoms with van der Waals surface area (Å²) in [5, 5.41) is 0. The van der Waals surface area contributed by atoms with Crippen molar-refractivity contribution in [3.63, 3.8) is 0 Å². The minimum Gasteiger partial charge on any atom is -0.378 e. The summed E-state index contributed by atoms with van der Waals surface area (Å²) >= 11 is 0. The number of carbonyl (C=O) groups excluding carboxylic acids is 1. The third-order valence-electron chi connectivity index (χ3n) is 3.30. The molecule has 92 valence electrons. The minimum atomic E-state index is 0.113. The van der Waals surface area contributed by atoms with Crippen LogP contribution in [0.15, 0.2) is 12.4 Å². The summed E-state index contributed by atoms with van der Waals surface area (Å²) in [5.74, 6) is 0.970. The second kappa shape index (κ2) is 4.37. The van der Waals surface area contributed by atoms with Crippen LogP contribution in [0.4, 0.5) is 4.79 Å². The predicted octanol–water partition coefficient (Wildman–Crippen LogP) is 0.151. The molecule has 0 N–H and O–H groups in total. The molecule has 2 aliphatic heterocycles. The number of hydrogen-bond donors (Lipinski definition) is 0. The molecule has 2 aliphatic rings. The van der Waals surface area contributed by atoms with Gasteiger partial charge in [0, 0.05) is 38.6 Å². The average molecular weight is 236 g/mol. The average Bonchev–Trinajstić information content (AvgIpc) is 2.86. The van der Waals surface area contributed by atoms with Gasteiger partial charge in [-0.25, -0.2) is 9.78 Å². The summed E-state index contributed by atoms with van der Waals surface area (Å²) < 4.78 is 7.35. The van der Waals surface area contributed by atoms with Crippen molar-refractivity contribution in [3.05, 3.63) is 18.2 Å². The maximum Gasteiger partial charge on any atom is 0.320 e. The second-order valence-electron chi connectivity index (χ2n) is 4.34. The Morgan fingerprint density at radius 2 is 2.00 bits per heavy atom. The van der Waals surface area contributed by atoms with E-state index < -0.39 is 0 Å². The number of ether oxygens (including phenoxy) is 1. The number of fused-ring (bicyclic) bond motifs is 1. The Morgan fingerprint density at radius 1 is 1.18 bits per heavy atom. The van der Waals surface area contributed by atoms with E-state index in [9.17, 15) is 4.79 Å². The van der Waals surface area contributed by atoms with E-state index in [2.05, 4.69) is 9.55 Å². The van der Waals surface area contributed by atoms with Gasteiger partial charge in [-0.1, -0.05) is 0 Å². The van der Waals surface area contributed by atoms with Gasteiger partial charge in [-0.3, -0.25) is 0 Å². The van der Waals surface area contributed by atoms with Crippen molar-refractivity contribution >= 4 is 6.03 Å². The van der Waals surface area contributed by atoms with Gasteiger partial charge in [0.1, 0.15) is 5.82 Å². The van der Waals surface area contributed by atoms with Crippen molar-refractivity contribution in [3.8, 4) is 0 Å². The van der Waals surface area contributed by atoms with E-state index in [4.69, 9.17) is 4.74 Å². The molecule has 0 aliphatic carbocycles. The van der Waals surface area contributed by atoms with Gasteiger partial charge in [0.15, 0.2) is 0 Å². The first-order valence-corrected chi connectivity index (χ1v) is 5.96. The minimum absolute atomic E-state index is 0.113. The van der Waals surface area contributed by atoms with Crippen LogP contribution in [0.1, 0.15) is 5.82 Å². The van der Waals surface area contributed by atoms with Gasteiger partial charge >= 0.3 is 6.03 Å². The first-order chi connectivity index (χ1) is 8.34. The molecule has 17 heavy (non-hydrogen) atoms. The fourth-order valence-corrected chi connectivity index (χ4v) is 2.29. The lowest BCUT2D eigenvalue weighted by Gasteiger charge is -2.34. The summed E-state index contributed by atoms with van der Waals surface area (Å²) in [6, 6.07) is 0.113. The molecule has 1 saturated heterocycles. The molecule has 3 rings (SSSR count). The highest BCUT2D eigenvalue weighted by Gasteiger charge is 2.26. The van der Waals surface area contributed by atoms with Gasteiger partial charge in [0.2, 0.25) is 0 Å². The van der Waals surface area contributed by atoms with Gasteiger partial charge in [0.05, 0.1) is 19.8 Å². The summed E-state index contributed by atoms with van der Waals surface area (Å²) in [6.45, 7) is 4.91. The summed E-state index contributed by atoms with van der Waals surface area (Å²) in [4.78, 5) is 20.2. The Bertz CT molecular complexity index is 411. The number of rotatable bonds is 0. The van der Waals surface area contributed by atoms with E-state index in [0.29, 0.717) is 32.8 Å². The van der Waals surface area contributed by atoms with Crippen molar-refractivity contribution in [2.75, 3.05) is 32.8 Å². The lowest BCUT2D eigenvalue weighted by atomic mass is 10.3. The number of urea groups is 1. The van der Waals surface area contributed by atoms with Gasteiger partial charge in [-0.15, -0.1) is 0 Å². The quantitative estimate of drug-likeness (QED) is 0.644. The molecular formula is C11H16N4O2. The van der Waals surface area contributed by atoms with Crippen molar-refractivity contribution in [1.82, 2.24) is 19.4 Å². The van der Waals surface area contributed by atoms with Crippen LogP contribution in [0.3, 0.4) is 0 Å². The Hall–Kier alpha value is -1.56. The van der Waals surface area contributed by atoms with Crippen LogP contribution >= 0.6 is 0 Å². The highest BCUT2D eigenvalue weighted by molar-refractivity contribution is 5.74. The SMILES string of the molecule is O=C(N1CCOCC1)N1CCn2ccnc2C1. The van der Waals surface area contributed by atoms with Crippen LogP contribution in [0.5, 0.6) is 0 Å². The Morgan fingerprint density at radius 3 is 2.82 bits per heavy atom. The lowest BCUT2D eigenvalue weighted by molar-refractivity contribution is 0.0408. The first-order valence-electron chi connectivity index (χ1n) is 5.96. The standard InChI is InChI=1S/C11H16N4O2/c16-11(14-5-7-17-8-6-14)15-4-3-13-2-1-12-10(13)9-15/h1-2H,3-9H2. The van der Waals surface area contributed by atoms with Gasteiger partial charge in [-0.2, -0.15) is 0 Å². The molecule has 1 aromatic rings. The van der Waals surface area contributed by atoms with E-state index in [1.807, 2.05) is 16.0 Å². The van der Waals surface area contributed by atoms with Gasteiger partial charge in [-0.05, 0) is 0 Å². The molecule has 0 bridgehead atoms. The molecule has 3 heterocycles. The molecule has 0 aromatic carbocycles. The predicted molar refractivity (Wildman–Crippen MR) is 60.4 cm³/mol. The first kappa shape index (κ1) is 10.6. The summed E-state index contributed by atoms with van der Waals surface area (Å²) in [6.07, 6.45) is 3.75. The van der Waals surface area contributed by atoms with Crippen molar-refractivity contribution in [1.29, 1.82) is 0 Å². The largest absolute Gasteiger partial charge is 0.378 e. The number of morpholine rings is 1. The number of amides is 2. The lowest BCUT2D eigenvalue weighted by Crippen LogP contribution is -2.50. The molecule has 1 fully saturated rings. The summed E-state index contributed by atoms with van der Waals surface area (Å²) in [5.41, 5.74) is 0. The van der Waals surface area contributed by atoms with Crippen molar-refractivity contribution in [2.24, 2.45) is 0 Å². The second-order valence-corrected chi connectivity index (χ2v) is 4.34. The van der Waals surface area contributed by atoms with E-state index in [1.54, 1.807) is 6.20 Å². The molecule has 0 unspecified atom stereocenters. The van der Waals surface area contributed by atoms with Crippen molar-refractivity contribution in [2.45, 2.75) is 13.1 Å². The van der Waals surface area contributed by atoms with E-state index >= 15 is 0 Å². The highest BCUT2D eigenvalue weighted by Crippen LogP contribution is 2.13. The smallest absolute Gasteiger partial charge is 0.320 e. The van der Waals surface area contributed by atoms with E-state index in [0.717, 1.165) is 18.9 Å². The van der Waals surface area contributed by atoms with Crippen molar-refractivity contribution < 1.29 is 9.53 Å². The molecular weight excluding hydrogens is 220 g/mol. The maximum atomic E-state index is 12.2. The monoisotopic (exact) mass is 236 g/mol. The number of aromatic nitrogens is 2. The molecule has 6 nitrogen and oxygen atoms in total. The topological polar surface area (TPSA) is 50.6 Å². The number of carbonyl (C=O) groups is 1. The normalized spacial score (nSPS) is 20.2. The van der Waals surface area contributed by atoms with E-state index in [1.165, 1.54) is 0 Å². The molecule has 0 radical (unpaired) electrons. The van der Waals surface area contributed by atoms with Gasteiger partial charge in [0.25, 0.3) is 0 Å². The van der Waals surface area contributed by atoms with Crippen LogP contribution in [0, 0.1) is 0 Å². The zero-order chi connectivity index (χ0) is 11.7. The Kier molecular flexibility index (Phi) is 2.72. The Balaban J connectivity index is 1.67. The number of hydrogen-bond acceptors (Lipinski definition) is 3. The third kappa shape index (κ3) is 2.00. The zero-order valence-corrected chi connectivity index (χ0v) is 9.71. The highest BCUT2D eigenvalue weighted by atomic mass is 16.5. The van der Waals surface area contributed by atoms with Gasteiger partial charge < -0.3 is 19.1 Å². The fraction of sp³-hybridized carbons (Fsp3) is 0.636. The molecule has 1 aromatic heterocycles. The fourth-order valence-electron chi connectivity index (χ4n) is 2.29.